The van der Waals surface area contributed by atoms with Crippen molar-refractivity contribution in [1.82, 2.24) is 0 Å². The second-order valence-electron chi connectivity index (χ2n) is 4.66. The van der Waals surface area contributed by atoms with Crippen LogP contribution in [0, 0.1) is 5.92 Å². The van der Waals surface area contributed by atoms with Gasteiger partial charge in [-0.3, -0.25) is 0 Å². The van der Waals surface area contributed by atoms with E-state index in [1.54, 1.807) is 0 Å². The van der Waals surface area contributed by atoms with Crippen LogP contribution >= 0.6 is 27.5 Å². The molecule has 1 unspecified atom stereocenters. The topological polar surface area (TPSA) is 9.23 Å². The Morgan fingerprint density at radius 1 is 1.29 bits per heavy atom. The molecule has 1 atom stereocenters. The SMILES string of the molecule is Clc1ccccc1C(CBr)CC1CCOCC1. The van der Waals surface area contributed by atoms with Crippen LogP contribution in [0.2, 0.25) is 5.02 Å². The molecule has 0 N–H and O–H groups in total. The van der Waals surface area contributed by atoms with Gasteiger partial charge in [-0.05, 0) is 42.7 Å². The Morgan fingerprint density at radius 2 is 2.00 bits per heavy atom. The molecule has 1 heterocycles. The quantitative estimate of drug-likeness (QED) is 0.735. The zero-order chi connectivity index (χ0) is 12.1. The van der Waals surface area contributed by atoms with Crippen LogP contribution in [0.25, 0.3) is 0 Å². The summed E-state index contributed by atoms with van der Waals surface area (Å²) in [6.07, 6.45) is 3.58. The molecule has 17 heavy (non-hydrogen) atoms. The first-order chi connectivity index (χ1) is 8.31. The molecule has 1 saturated heterocycles. The van der Waals surface area contributed by atoms with Crippen LogP contribution in [0.5, 0.6) is 0 Å². The van der Waals surface area contributed by atoms with Crippen LogP contribution in [0.15, 0.2) is 24.3 Å². The number of alkyl halides is 1. The van der Waals surface area contributed by atoms with Gasteiger partial charge in [0.15, 0.2) is 0 Å². The Bertz CT molecular complexity index is 350. The predicted octanol–water partition coefficient (Wildman–Crippen LogP) is 4.64. The standard InChI is InChI=1S/C14H18BrClO/c15-10-12(9-11-5-7-17-8-6-11)13-3-1-2-4-14(13)16/h1-4,11-12H,5-10H2. The van der Waals surface area contributed by atoms with Gasteiger partial charge in [0, 0.05) is 23.6 Å². The minimum absolute atomic E-state index is 0.520. The van der Waals surface area contributed by atoms with E-state index in [9.17, 15) is 0 Å². The molecule has 0 amide bonds. The fourth-order valence-corrected chi connectivity index (χ4v) is 3.37. The average Bonchev–Trinajstić information content (AvgIpc) is 2.38. The molecule has 94 valence electrons. The van der Waals surface area contributed by atoms with Crippen LogP contribution in [0.3, 0.4) is 0 Å². The smallest absolute Gasteiger partial charge is 0.0468 e. The first-order valence-electron chi connectivity index (χ1n) is 6.19. The Kier molecular flexibility index (Phi) is 5.33. The van der Waals surface area contributed by atoms with E-state index in [0.717, 1.165) is 29.5 Å². The molecule has 3 heteroatoms. The summed E-state index contributed by atoms with van der Waals surface area (Å²) < 4.78 is 5.41. The summed E-state index contributed by atoms with van der Waals surface area (Å²) in [5.41, 5.74) is 1.28. The van der Waals surface area contributed by atoms with Crippen LogP contribution in [-0.2, 0) is 4.74 Å². The molecular weight excluding hydrogens is 300 g/mol. The summed E-state index contributed by atoms with van der Waals surface area (Å²) in [5.74, 6) is 1.30. The Hall–Kier alpha value is -0.0500. The minimum Gasteiger partial charge on any atom is -0.381 e. The summed E-state index contributed by atoms with van der Waals surface area (Å²) in [4.78, 5) is 0. The Balaban J connectivity index is 2.03. The molecule has 0 saturated carbocycles. The van der Waals surface area contributed by atoms with Crippen LogP contribution in [0.1, 0.15) is 30.7 Å². The zero-order valence-corrected chi connectivity index (χ0v) is 12.2. The number of rotatable bonds is 4. The highest BCUT2D eigenvalue weighted by molar-refractivity contribution is 9.09. The molecule has 1 aliphatic heterocycles. The second-order valence-corrected chi connectivity index (χ2v) is 5.72. The second kappa shape index (κ2) is 6.77. The lowest BCUT2D eigenvalue weighted by molar-refractivity contribution is 0.0623. The first kappa shape index (κ1) is 13.4. The van der Waals surface area contributed by atoms with Crippen molar-refractivity contribution < 1.29 is 4.74 Å². The van der Waals surface area contributed by atoms with Crippen molar-refractivity contribution in [2.45, 2.75) is 25.2 Å². The van der Waals surface area contributed by atoms with Crippen molar-refractivity contribution in [1.29, 1.82) is 0 Å². The summed E-state index contributed by atoms with van der Waals surface area (Å²) in [6.45, 7) is 1.84. The Labute approximate surface area is 117 Å². The number of benzene rings is 1. The van der Waals surface area contributed by atoms with Gasteiger partial charge in [0.1, 0.15) is 0 Å². The third-order valence-corrected chi connectivity index (χ3v) is 4.62. The monoisotopic (exact) mass is 316 g/mol. The summed E-state index contributed by atoms with van der Waals surface area (Å²) in [5, 5.41) is 1.87. The van der Waals surface area contributed by atoms with Crippen molar-refractivity contribution in [2.24, 2.45) is 5.92 Å². The van der Waals surface area contributed by atoms with E-state index in [-0.39, 0.29) is 0 Å². The first-order valence-corrected chi connectivity index (χ1v) is 7.69. The third kappa shape index (κ3) is 3.70. The molecule has 1 aromatic carbocycles. The lowest BCUT2D eigenvalue weighted by Crippen LogP contribution is -2.18. The highest BCUT2D eigenvalue weighted by Crippen LogP contribution is 2.33. The minimum atomic E-state index is 0.520. The number of hydrogen-bond donors (Lipinski definition) is 0. The molecule has 0 aliphatic carbocycles. The van der Waals surface area contributed by atoms with Crippen LogP contribution in [-0.4, -0.2) is 18.5 Å². The number of hydrogen-bond acceptors (Lipinski definition) is 1. The lowest BCUT2D eigenvalue weighted by atomic mass is 9.86. The molecule has 1 nitrogen and oxygen atoms in total. The van der Waals surface area contributed by atoms with Gasteiger partial charge in [-0.2, -0.15) is 0 Å². The van der Waals surface area contributed by atoms with Gasteiger partial charge in [-0.15, -0.1) is 0 Å². The highest BCUT2D eigenvalue weighted by atomic mass is 79.9. The van der Waals surface area contributed by atoms with Gasteiger partial charge in [-0.1, -0.05) is 45.7 Å². The van der Waals surface area contributed by atoms with Crippen LogP contribution in [0.4, 0.5) is 0 Å². The maximum absolute atomic E-state index is 6.27. The molecule has 1 aliphatic rings. The Morgan fingerprint density at radius 3 is 2.65 bits per heavy atom. The number of halogens is 2. The molecule has 0 spiro atoms. The van der Waals surface area contributed by atoms with Crippen molar-refractivity contribution in [2.75, 3.05) is 18.5 Å². The number of ether oxygens (including phenoxy) is 1. The van der Waals surface area contributed by atoms with E-state index in [4.69, 9.17) is 16.3 Å². The van der Waals surface area contributed by atoms with Gasteiger partial charge in [0.25, 0.3) is 0 Å². The van der Waals surface area contributed by atoms with Crippen LogP contribution < -0.4 is 0 Å². The molecule has 1 fully saturated rings. The zero-order valence-electron chi connectivity index (χ0n) is 9.87. The molecule has 0 aromatic heterocycles. The highest BCUT2D eigenvalue weighted by Gasteiger charge is 2.21. The molecule has 1 aromatic rings. The van der Waals surface area contributed by atoms with E-state index < -0.39 is 0 Å². The third-order valence-electron chi connectivity index (χ3n) is 3.49. The fourth-order valence-electron chi connectivity index (χ4n) is 2.46. The largest absolute Gasteiger partial charge is 0.381 e. The molecule has 0 radical (unpaired) electrons. The average molecular weight is 318 g/mol. The lowest BCUT2D eigenvalue weighted by Gasteiger charge is -2.26. The van der Waals surface area contributed by atoms with Gasteiger partial charge in [0.05, 0.1) is 0 Å². The van der Waals surface area contributed by atoms with E-state index in [1.807, 2.05) is 12.1 Å². The van der Waals surface area contributed by atoms with Crippen molar-refractivity contribution >= 4 is 27.5 Å². The molecular formula is C14H18BrClO. The summed E-state index contributed by atoms with van der Waals surface area (Å²) in [6, 6.07) is 8.19. The molecule has 0 bridgehead atoms. The van der Waals surface area contributed by atoms with E-state index in [1.165, 1.54) is 24.8 Å². The van der Waals surface area contributed by atoms with Crippen molar-refractivity contribution in [3.63, 3.8) is 0 Å². The van der Waals surface area contributed by atoms with Crippen molar-refractivity contribution in [3.05, 3.63) is 34.9 Å². The maximum Gasteiger partial charge on any atom is 0.0468 e. The summed E-state index contributed by atoms with van der Waals surface area (Å²) >= 11 is 9.89. The van der Waals surface area contributed by atoms with E-state index >= 15 is 0 Å². The van der Waals surface area contributed by atoms with Gasteiger partial charge in [-0.25, -0.2) is 0 Å². The van der Waals surface area contributed by atoms with Gasteiger partial charge < -0.3 is 4.74 Å². The van der Waals surface area contributed by atoms with E-state index in [2.05, 4.69) is 28.1 Å². The van der Waals surface area contributed by atoms with Gasteiger partial charge in [0.2, 0.25) is 0 Å². The van der Waals surface area contributed by atoms with Gasteiger partial charge >= 0.3 is 0 Å². The summed E-state index contributed by atoms with van der Waals surface area (Å²) in [7, 11) is 0. The maximum atomic E-state index is 6.27. The van der Waals surface area contributed by atoms with Crippen molar-refractivity contribution in [3.8, 4) is 0 Å². The molecule has 2 rings (SSSR count). The normalized spacial score (nSPS) is 19.2. The predicted molar refractivity (Wildman–Crippen MR) is 76.1 cm³/mol. The fraction of sp³-hybridized carbons (Fsp3) is 0.571. The van der Waals surface area contributed by atoms with E-state index in [0.29, 0.717) is 5.92 Å².